The molecular formula is C19H24N2O4. The van der Waals surface area contributed by atoms with E-state index in [1.807, 2.05) is 17.0 Å². The highest BCUT2D eigenvalue weighted by Gasteiger charge is 2.44. The maximum Gasteiger partial charge on any atom is 0.289 e. The first kappa shape index (κ1) is 16.4. The second-order valence-electron chi connectivity index (χ2n) is 7.12. The maximum absolute atomic E-state index is 12.4. The van der Waals surface area contributed by atoms with Crippen LogP contribution in [0.15, 0.2) is 45.6 Å². The summed E-state index contributed by atoms with van der Waals surface area (Å²) in [6, 6.07) is 7.77. The Balaban J connectivity index is 1.32. The normalized spacial score (nSPS) is 22.8. The Hall–Kier alpha value is -2.05. The number of furan rings is 2. The Morgan fingerprint density at radius 1 is 1.24 bits per heavy atom. The first-order valence-corrected chi connectivity index (χ1v) is 8.85. The van der Waals surface area contributed by atoms with Gasteiger partial charge in [0.2, 0.25) is 0 Å². The number of likely N-dealkylation sites (tertiary alicyclic amines) is 1. The number of ether oxygens (including phenoxy) is 1. The third-order valence-corrected chi connectivity index (χ3v) is 5.49. The van der Waals surface area contributed by atoms with Gasteiger partial charge in [-0.1, -0.05) is 0 Å². The Labute approximate surface area is 147 Å². The van der Waals surface area contributed by atoms with Crippen molar-refractivity contribution in [2.45, 2.75) is 37.5 Å². The lowest BCUT2D eigenvalue weighted by Gasteiger charge is -2.38. The van der Waals surface area contributed by atoms with E-state index in [0.29, 0.717) is 24.9 Å². The number of hydrogen-bond acceptors (Lipinski definition) is 5. The second-order valence-corrected chi connectivity index (χ2v) is 7.12. The van der Waals surface area contributed by atoms with Gasteiger partial charge < -0.3 is 18.5 Å². The SMILES string of the molecule is CN(Cc1ccco1)[C@H]1COC2(CCN(C(=O)c3ccco3)CC2)C1. The van der Waals surface area contributed by atoms with Gasteiger partial charge in [0.15, 0.2) is 5.76 Å². The fourth-order valence-electron chi connectivity index (χ4n) is 3.90. The summed E-state index contributed by atoms with van der Waals surface area (Å²) in [5, 5.41) is 0. The van der Waals surface area contributed by atoms with Gasteiger partial charge in [0.05, 0.1) is 31.3 Å². The molecule has 2 aromatic heterocycles. The zero-order valence-corrected chi connectivity index (χ0v) is 14.5. The first-order valence-electron chi connectivity index (χ1n) is 8.85. The molecule has 25 heavy (non-hydrogen) atoms. The predicted molar refractivity (Wildman–Crippen MR) is 91.1 cm³/mol. The Kier molecular flexibility index (Phi) is 4.39. The van der Waals surface area contributed by atoms with Crippen LogP contribution in [-0.2, 0) is 11.3 Å². The van der Waals surface area contributed by atoms with Gasteiger partial charge in [-0.05, 0) is 50.6 Å². The third kappa shape index (κ3) is 3.37. The molecule has 0 saturated carbocycles. The molecule has 4 rings (SSSR count). The van der Waals surface area contributed by atoms with E-state index in [-0.39, 0.29) is 11.5 Å². The molecule has 2 aliphatic heterocycles. The molecule has 0 bridgehead atoms. The fraction of sp³-hybridized carbons (Fsp3) is 0.526. The lowest BCUT2D eigenvalue weighted by atomic mass is 9.87. The molecule has 0 aliphatic carbocycles. The van der Waals surface area contributed by atoms with Crippen molar-refractivity contribution in [3.05, 3.63) is 48.3 Å². The van der Waals surface area contributed by atoms with Crippen LogP contribution >= 0.6 is 0 Å². The number of nitrogens with zero attached hydrogens (tertiary/aromatic N) is 2. The van der Waals surface area contributed by atoms with Crippen LogP contribution in [0.2, 0.25) is 0 Å². The fourth-order valence-corrected chi connectivity index (χ4v) is 3.90. The van der Waals surface area contributed by atoms with Crippen LogP contribution in [0.1, 0.15) is 35.6 Å². The van der Waals surface area contributed by atoms with Gasteiger partial charge in [-0.3, -0.25) is 9.69 Å². The van der Waals surface area contributed by atoms with Gasteiger partial charge in [-0.25, -0.2) is 0 Å². The highest BCUT2D eigenvalue weighted by atomic mass is 16.5. The van der Waals surface area contributed by atoms with Crippen molar-refractivity contribution in [1.82, 2.24) is 9.80 Å². The minimum Gasteiger partial charge on any atom is -0.468 e. The molecule has 1 amide bonds. The van der Waals surface area contributed by atoms with Gasteiger partial charge in [-0.2, -0.15) is 0 Å². The summed E-state index contributed by atoms with van der Waals surface area (Å²) in [6.07, 6.45) is 6.02. The zero-order chi connectivity index (χ0) is 17.3. The quantitative estimate of drug-likeness (QED) is 0.853. The first-order chi connectivity index (χ1) is 12.2. The van der Waals surface area contributed by atoms with E-state index in [2.05, 4.69) is 11.9 Å². The summed E-state index contributed by atoms with van der Waals surface area (Å²) in [4.78, 5) is 16.6. The predicted octanol–water partition coefficient (Wildman–Crippen LogP) is 2.77. The minimum atomic E-state index is -0.0952. The minimum absolute atomic E-state index is 0.0238. The van der Waals surface area contributed by atoms with E-state index in [4.69, 9.17) is 13.6 Å². The van der Waals surface area contributed by atoms with Crippen molar-refractivity contribution in [2.24, 2.45) is 0 Å². The van der Waals surface area contributed by atoms with Crippen molar-refractivity contribution in [1.29, 1.82) is 0 Å². The molecule has 2 aromatic rings. The molecule has 2 saturated heterocycles. The van der Waals surface area contributed by atoms with Gasteiger partial charge in [0, 0.05) is 19.1 Å². The number of likely N-dealkylation sites (N-methyl/N-ethyl adjacent to an activating group) is 1. The van der Waals surface area contributed by atoms with E-state index in [1.54, 1.807) is 18.4 Å². The zero-order valence-electron chi connectivity index (χ0n) is 14.5. The lowest BCUT2D eigenvalue weighted by Crippen LogP contribution is -2.47. The summed E-state index contributed by atoms with van der Waals surface area (Å²) in [5.41, 5.74) is -0.0952. The molecule has 1 atom stereocenters. The molecule has 2 fully saturated rings. The number of carbonyl (C=O) groups excluding carboxylic acids is 1. The van der Waals surface area contributed by atoms with E-state index < -0.39 is 0 Å². The monoisotopic (exact) mass is 344 g/mol. The van der Waals surface area contributed by atoms with E-state index in [0.717, 1.165) is 38.2 Å². The average Bonchev–Trinajstić information content (AvgIpc) is 3.37. The standard InChI is InChI=1S/C19H24N2O4/c1-20(13-16-4-2-10-23-16)15-12-19(25-14-15)6-8-21(9-7-19)18(22)17-5-3-11-24-17/h2-5,10-11,15H,6-9,12-14H2,1H3/t15-/m1/s1. The topological polar surface area (TPSA) is 59.1 Å². The average molecular weight is 344 g/mol. The summed E-state index contributed by atoms with van der Waals surface area (Å²) in [7, 11) is 2.12. The second kappa shape index (κ2) is 6.69. The Morgan fingerprint density at radius 3 is 2.68 bits per heavy atom. The summed E-state index contributed by atoms with van der Waals surface area (Å²) in [5.74, 6) is 1.37. The number of amides is 1. The molecule has 134 valence electrons. The molecule has 0 N–H and O–H groups in total. The highest BCUT2D eigenvalue weighted by Crippen LogP contribution is 2.38. The van der Waals surface area contributed by atoms with Crippen molar-refractivity contribution in [3.8, 4) is 0 Å². The van der Waals surface area contributed by atoms with Crippen LogP contribution in [0.3, 0.4) is 0 Å². The maximum atomic E-state index is 12.4. The molecule has 1 spiro atoms. The van der Waals surface area contributed by atoms with Crippen LogP contribution in [-0.4, -0.2) is 54.1 Å². The Morgan fingerprint density at radius 2 is 2.00 bits per heavy atom. The number of piperidine rings is 1. The van der Waals surface area contributed by atoms with Crippen molar-refractivity contribution in [3.63, 3.8) is 0 Å². The molecule has 0 unspecified atom stereocenters. The van der Waals surface area contributed by atoms with Gasteiger partial charge >= 0.3 is 0 Å². The summed E-state index contributed by atoms with van der Waals surface area (Å²) < 4.78 is 16.9. The van der Waals surface area contributed by atoms with Gasteiger partial charge in [0.25, 0.3) is 5.91 Å². The molecule has 4 heterocycles. The summed E-state index contributed by atoms with van der Waals surface area (Å²) >= 11 is 0. The van der Waals surface area contributed by atoms with E-state index in [9.17, 15) is 4.79 Å². The van der Waals surface area contributed by atoms with Crippen LogP contribution in [0.25, 0.3) is 0 Å². The van der Waals surface area contributed by atoms with E-state index >= 15 is 0 Å². The van der Waals surface area contributed by atoms with Gasteiger partial charge in [-0.15, -0.1) is 0 Å². The summed E-state index contributed by atoms with van der Waals surface area (Å²) in [6.45, 7) is 2.96. The molecular weight excluding hydrogens is 320 g/mol. The van der Waals surface area contributed by atoms with Crippen molar-refractivity contribution in [2.75, 3.05) is 26.7 Å². The smallest absolute Gasteiger partial charge is 0.289 e. The van der Waals surface area contributed by atoms with Crippen LogP contribution < -0.4 is 0 Å². The van der Waals surface area contributed by atoms with Gasteiger partial charge in [0.1, 0.15) is 5.76 Å². The molecule has 6 heteroatoms. The van der Waals surface area contributed by atoms with Crippen LogP contribution in [0, 0.1) is 0 Å². The van der Waals surface area contributed by atoms with Crippen LogP contribution in [0.5, 0.6) is 0 Å². The third-order valence-electron chi connectivity index (χ3n) is 5.49. The highest BCUT2D eigenvalue weighted by molar-refractivity contribution is 5.91. The lowest BCUT2D eigenvalue weighted by molar-refractivity contribution is -0.0397. The molecule has 0 radical (unpaired) electrons. The number of carbonyl (C=O) groups is 1. The van der Waals surface area contributed by atoms with Crippen molar-refractivity contribution >= 4 is 5.91 Å². The number of hydrogen-bond donors (Lipinski definition) is 0. The van der Waals surface area contributed by atoms with Crippen molar-refractivity contribution < 1.29 is 18.4 Å². The molecule has 6 nitrogen and oxygen atoms in total. The van der Waals surface area contributed by atoms with Crippen LogP contribution in [0.4, 0.5) is 0 Å². The molecule has 0 aromatic carbocycles. The number of rotatable bonds is 4. The molecule has 2 aliphatic rings. The Bertz CT molecular complexity index is 687. The largest absolute Gasteiger partial charge is 0.468 e. The van der Waals surface area contributed by atoms with E-state index in [1.165, 1.54) is 6.26 Å².